The third-order valence-electron chi connectivity index (χ3n) is 3.06. The van der Waals surface area contributed by atoms with Crippen LogP contribution in [-0.2, 0) is 0 Å². The van der Waals surface area contributed by atoms with E-state index in [1.165, 1.54) is 11.3 Å². The molecule has 0 fully saturated rings. The summed E-state index contributed by atoms with van der Waals surface area (Å²) in [6, 6.07) is 1.98. The zero-order valence-electron chi connectivity index (χ0n) is 11.5. The van der Waals surface area contributed by atoms with Gasteiger partial charge in [-0.3, -0.25) is 4.79 Å². The molecule has 2 aromatic rings. The van der Waals surface area contributed by atoms with E-state index in [2.05, 4.69) is 10.3 Å². The zero-order chi connectivity index (χ0) is 14.5. The SMILES string of the molecule is CC(C)C(CCO)NC(=O)c1cnc(-c2ccsc2)s1. The number of aliphatic hydroxyl groups excluding tert-OH is 1. The highest BCUT2D eigenvalue weighted by Gasteiger charge is 2.18. The molecule has 0 aromatic carbocycles. The van der Waals surface area contributed by atoms with E-state index in [1.807, 2.05) is 30.7 Å². The Morgan fingerprint density at radius 2 is 2.30 bits per heavy atom. The molecule has 0 radical (unpaired) electrons. The second-order valence-electron chi connectivity index (χ2n) is 4.88. The van der Waals surface area contributed by atoms with Crippen molar-refractivity contribution in [2.24, 2.45) is 5.92 Å². The van der Waals surface area contributed by atoms with Gasteiger partial charge in [-0.1, -0.05) is 13.8 Å². The van der Waals surface area contributed by atoms with Gasteiger partial charge in [-0.2, -0.15) is 11.3 Å². The van der Waals surface area contributed by atoms with Crippen molar-refractivity contribution in [1.29, 1.82) is 0 Å². The molecule has 2 heterocycles. The third kappa shape index (κ3) is 3.65. The fourth-order valence-electron chi connectivity index (χ4n) is 1.85. The van der Waals surface area contributed by atoms with Gasteiger partial charge in [-0.15, -0.1) is 11.3 Å². The molecule has 108 valence electrons. The maximum Gasteiger partial charge on any atom is 0.263 e. The van der Waals surface area contributed by atoms with Crippen LogP contribution in [0.5, 0.6) is 0 Å². The van der Waals surface area contributed by atoms with E-state index in [0.717, 1.165) is 10.6 Å². The van der Waals surface area contributed by atoms with Gasteiger partial charge in [0.15, 0.2) is 0 Å². The van der Waals surface area contributed by atoms with Crippen LogP contribution in [0.1, 0.15) is 29.9 Å². The summed E-state index contributed by atoms with van der Waals surface area (Å²) in [7, 11) is 0. The Morgan fingerprint density at radius 1 is 1.50 bits per heavy atom. The number of aliphatic hydroxyl groups is 1. The normalized spacial score (nSPS) is 12.6. The highest BCUT2D eigenvalue weighted by atomic mass is 32.1. The second-order valence-corrected chi connectivity index (χ2v) is 6.69. The standard InChI is InChI=1S/C14H18N2O2S2/c1-9(2)11(3-5-17)16-13(18)12-7-15-14(20-12)10-4-6-19-8-10/h4,6-9,11,17H,3,5H2,1-2H3,(H,16,18). The summed E-state index contributed by atoms with van der Waals surface area (Å²) in [4.78, 5) is 17.1. The van der Waals surface area contributed by atoms with Crippen LogP contribution in [-0.4, -0.2) is 28.6 Å². The smallest absolute Gasteiger partial charge is 0.263 e. The predicted octanol–water partition coefficient (Wildman–Crippen LogP) is 3.01. The predicted molar refractivity (Wildman–Crippen MR) is 83.2 cm³/mol. The fraction of sp³-hybridized carbons (Fsp3) is 0.429. The number of amides is 1. The molecule has 0 bridgehead atoms. The second kappa shape index (κ2) is 6.97. The van der Waals surface area contributed by atoms with Crippen LogP contribution in [0.25, 0.3) is 10.6 Å². The number of thiophene rings is 1. The minimum atomic E-state index is -0.115. The molecule has 0 saturated heterocycles. The fourth-order valence-corrected chi connectivity index (χ4v) is 3.38. The Labute approximate surface area is 126 Å². The molecular weight excluding hydrogens is 292 g/mol. The average molecular weight is 310 g/mol. The lowest BCUT2D eigenvalue weighted by Crippen LogP contribution is -2.38. The van der Waals surface area contributed by atoms with Crippen molar-refractivity contribution in [2.45, 2.75) is 26.3 Å². The Morgan fingerprint density at radius 3 is 2.90 bits per heavy atom. The lowest BCUT2D eigenvalue weighted by atomic mass is 10.0. The van der Waals surface area contributed by atoms with E-state index < -0.39 is 0 Å². The van der Waals surface area contributed by atoms with Crippen LogP contribution in [0.2, 0.25) is 0 Å². The number of thiazole rings is 1. The first-order valence-electron chi connectivity index (χ1n) is 6.52. The highest BCUT2D eigenvalue weighted by Crippen LogP contribution is 2.27. The van der Waals surface area contributed by atoms with Gasteiger partial charge in [-0.25, -0.2) is 4.98 Å². The maximum atomic E-state index is 12.2. The maximum absolute atomic E-state index is 12.2. The topological polar surface area (TPSA) is 62.2 Å². The van der Waals surface area contributed by atoms with E-state index in [1.54, 1.807) is 17.5 Å². The first-order valence-corrected chi connectivity index (χ1v) is 8.28. The summed E-state index contributed by atoms with van der Waals surface area (Å²) in [5.74, 6) is 0.173. The third-order valence-corrected chi connectivity index (χ3v) is 4.79. The van der Waals surface area contributed by atoms with Crippen LogP contribution in [0.4, 0.5) is 0 Å². The van der Waals surface area contributed by atoms with Gasteiger partial charge in [0, 0.05) is 23.6 Å². The molecule has 2 aromatic heterocycles. The zero-order valence-corrected chi connectivity index (χ0v) is 13.1. The summed E-state index contributed by atoms with van der Waals surface area (Å²) in [5.41, 5.74) is 1.05. The number of hydrogen-bond donors (Lipinski definition) is 2. The van der Waals surface area contributed by atoms with Crippen LogP contribution >= 0.6 is 22.7 Å². The number of carbonyl (C=O) groups is 1. The quantitative estimate of drug-likeness (QED) is 0.862. The number of carbonyl (C=O) groups excluding carboxylic acids is 1. The van der Waals surface area contributed by atoms with Crippen LogP contribution < -0.4 is 5.32 Å². The largest absolute Gasteiger partial charge is 0.396 e. The van der Waals surface area contributed by atoms with Crippen molar-refractivity contribution in [3.05, 3.63) is 27.9 Å². The van der Waals surface area contributed by atoms with E-state index in [9.17, 15) is 4.79 Å². The van der Waals surface area contributed by atoms with E-state index >= 15 is 0 Å². The number of aromatic nitrogens is 1. The van der Waals surface area contributed by atoms with Gasteiger partial charge >= 0.3 is 0 Å². The van der Waals surface area contributed by atoms with Crippen molar-refractivity contribution < 1.29 is 9.90 Å². The summed E-state index contributed by atoms with van der Waals surface area (Å²) in [5, 5.41) is 16.9. The first-order chi connectivity index (χ1) is 9.61. The molecule has 2 N–H and O–H groups in total. The Balaban J connectivity index is 2.06. The Kier molecular flexibility index (Phi) is 5.28. The summed E-state index contributed by atoms with van der Waals surface area (Å²) < 4.78 is 0. The summed E-state index contributed by atoms with van der Waals surface area (Å²) >= 11 is 3.00. The van der Waals surface area contributed by atoms with Gasteiger partial charge in [-0.05, 0) is 23.8 Å². The average Bonchev–Trinajstić information content (AvgIpc) is 3.08. The lowest BCUT2D eigenvalue weighted by molar-refractivity contribution is 0.0920. The molecule has 0 spiro atoms. The van der Waals surface area contributed by atoms with Gasteiger partial charge in [0.1, 0.15) is 9.88 Å². The van der Waals surface area contributed by atoms with Crippen molar-refractivity contribution in [3.8, 4) is 10.6 Å². The molecular formula is C14H18N2O2S2. The van der Waals surface area contributed by atoms with E-state index in [4.69, 9.17) is 5.11 Å². The number of nitrogens with one attached hydrogen (secondary N) is 1. The molecule has 0 aliphatic heterocycles. The molecule has 2 rings (SSSR count). The monoisotopic (exact) mass is 310 g/mol. The Bertz CT molecular complexity index is 549. The minimum Gasteiger partial charge on any atom is -0.396 e. The molecule has 4 nitrogen and oxygen atoms in total. The molecule has 0 aliphatic rings. The van der Waals surface area contributed by atoms with Crippen LogP contribution in [0, 0.1) is 5.92 Å². The van der Waals surface area contributed by atoms with Crippen LogP contribution in [0.3, 0.4) is 0 Å². The van der Waals surface area contributed by atoms with Gasteiger partial charge in [0.2, 0.25) is 0 Å². The van der Waals surface area contributed by atoms with E-state index in [-0.39, 0.29) is 24.5 Å². The number of hydrogen-bond acceptors (Lipinski definition) is 5. The van der Waals surface area contributed by atoms with Gasteiger partial charge < -0.3 is 10.4 Å². The van der Waals surface area contributed by atoms with Crippen molar-refractivity contribution in [3.63, 3.8) is 0 Å². The summed E-state index contributed by atoms with van der Waals surface area (Å²) in [6.07, 6.45) is 2.18. The molecule has 1 unspecified atom stereocenters. The lowest BCUT2D eigenvalue weighted by Gasteiger charge is -2.20. The molecule has 1 amide bonds. The van der Waals surface area contributed by atoms with Gasteiger partial charge in [0.05, 0.1) is 6.20 Å². The van der Waals surface area contributed by atoms with E-state index in [0.29, 0.717) is 11.3 Å². The first kappa shape index (κ1) is 15.2. The summed E-state index contributed by atoms with van der Waals surface area (Å²) in [6.45, 7) is 4.14. The van der Waals surface area contributed by atoms with Crippen molar-refractivity contribution >= 4 is 28.6 Å². The number of nitrogens with zero attached hydrogens (tertiary/aromatic N) is 1. The minimum absolute atomic E-state index is 0.0146. The molecule has 6 heteroatoms. The Hall–Kier alpha value is -1.24. The molecule has 0 saturated carbocycles. The molecule has 1 atom stereocenters. The van der Waals surface area contributed by atoms with Crippen molar-refractivity contribution in [1.82, 2.24) is 10.3 Å². The number of rotatable bonds is 6. The van der Waals surface area contributed by atoms with Crippen LogP contribution in [0.15, 0.2) is 23.0 Å². The van der Waals surface area contributed by atoms with Gasteiger partial charge in [0.25, 0.3) is 5.91 Å². The van der Waals surface area contributed by atoms with Crippen molar-refractivity contribution in [2.75, 3.05) is 6.61 Å². The highest BCUT2D eigenvalue weighted by molar-refractivity contribution is 7.17. The molecule has 0 aliphatic carbocycles. The molecule has 20 heavy (non-hydrogen) atoms.